The molecular weight excluding hydrogens is 465 g/mol. The predicted molar refractivity (Wildman–Crippen MR) is 112 cm³/mol. The molecule has 0 fully saturated rings. The Morgan fingerprint density at radius 3 is 2.52 bits per heavy atom. The fraction of sp³-hybridized carbons (Fsp3) is 0.211. The third-order valence-electron chi connectivity index (χ3n) is 4.62. The van der Waals surface area contributed by atoms with Crippen molar-refractivity contribution < 1.29 is 18.3 Å². The standard InChI is InChI=1S/C19H16ClF3N8O2/c20-12-5-3-11(4-6-12)16-28-30(18(33)29(16)8-14(32)19(21,22)23)9-15-26-10-31(27-15)17-13(24)2-1-7-25-17/h1-7,10,14,32H,8-9,24H2. The van der Waals surface area contributed by atoms with Crippen molar-refractivity contribution in [3.05, 3.63) is 70.3 Å². The minimum absolute atomic E-state index is 0.0756. The lowest BCUT2D eigenvalue weighted by Crippen LogP contribution is -2.37. The molecule has 1 atom stereocenters. The maximum absolute atomic E-state index is 13.0. The van der Waals surface area contributed by atoms with Crippen LogP contribution < -0.4 is 11.4 Å². The van der Waals surface area contributed by atoms with E-state index < -0.39 is 24.5 Å². The molecule has 33 heavy (non-hydrogen) atoms. The Morgan fingerprint density at radius 1 is 1.12 bits per heavy atom. The van der Waals surface area contributed by atoms with E-state index in [1.54, 1.807) is 12.1 Å². The van der Waals surface area contributed by atoms with Crippen LogP contribution in [0, 0.1) is 0 Å². The summed E-state index contributed by atoms with van der Waals surface area (Å²) in [6.07, 6.45) is -4.82. The first-order valence-corrected chi connectivity index (χ1v) is 9.81. The van der Waals surface area contributed by atoms with E-state index in [9.17, 15) is 23.1 Å². The Balaban J connectivity index is 1.71. The number of nitrogens with zero attached hydrogens (tertiary/aromatic N) is 7. The first-order valence-electron chi connectivity index (χ1n) is 9.43. The number of aliphatic hydroxyl groups is 1. The number of pyridine rings is 1. The lowest BCUT2D eigenvalue weighted by molar-refractivity contribution is -0.207. The number of aromatic nitrogens is 7. The van der Waals surface area contributed by atoms with Gasteiger partial charge in [0.25, 0.3) is 0 Å². The summed E-state index contributed by atoms with van der Waals surface area (Å²) in [5.41, 5.74) is 5.68. The second-order valence-corrected chi connectivity index (χ2v) is 7.40. The fourth-order valence-corrected chi connectivity index (χ4v) is 3.13. The minimum atomic E-state index is -4.91. The number of hydrogen-bond donors (Lipinski definition) is 2. The molecule has 0 spiro atoms. The molecule has 172 valence electrons. The molecule has 0 amide bonds. The van der Waals surface area contributed by atoms with E-state index in [0.717, 1.165) is 9.25 Å². The number of hydrogen-bond acceptors (Lipinski definition) is 7. The lowest BCUT2D eigenvalue weighted by Gasteiger charge is -2.15. The maximum Gasteiger partial charge on any atom is 0.416 e. The Labute approximate surface area is 188 Å². The third-order valence-corrected chi connectivity index (χ3v) is 4.87. The van der Waals surface area contributed by atoms with Gasteiger partial charge in [-0.2, -0.15) is 13.2 Å². The molecule has 1 unspecified atom stereocenters. The second-order valence-electron chi connectivity index (χ2n) is 6.96. The topological polar surface area (TPSA) is 130 Å². The lowest BCUT2D eigenvalue weighted by atomic mass is 10.2. The quantitative estimate of drug-likeness (QED) is 0.431. The van der Waals surface area contributed by atoms with Crippen molar-refractivity contribution in [3.8, 4) is 17.2 Å². The van der Waals surface area contributed by atoms with Crippen molar-refractivity contribution in [2.24, 2.45) is 0 Å². The van der Waals surface area contributed by atoms with Gasteiger partial charge >= 0.3 is 11.9 Å². The van der Waals surface area contributed by atoms with Crippen LogP contribution in [0.2, 0.25) is 5.02 Å². The van der Waals surface area contributed by atoms with Gasteiger partial charge in [0.1, 0.15) is 12.9 Å². The van der Waals surface area contributed by atoms with E-state index in [2.05, 4.69) is 20.2 Å². The van der Waals surface area contributed by atoms with Gasteiger partial charge in [0.15, 0.2) is 23.6 Å². The van der Waals surface area contributed by atoms with E-state index in [1.807, 2.05) is 0 Å². The van der Waals surface area contributed by atoms with Crippen LogP contribution in [0.15, 0.2) is 53.7 Å². The average Bonchev–Trinajstić information content (AvgIpc) is 3.34. The highest BCUT2D eigenvalue weighted by molar-refractivity contribution is 6.30. The molecular formula is C19H16ClF3N8O2. The molecule has 0 saturated carbocycles. The van der Waals surface area contributed by atoms with Crippen LogP contribution in [-0.4, -0.2) is 51.5 Å². The smallest absolute Gasteiger partial charge is 0.396 e. The van der Waals surface area contributed by atoms with Gasteiger partial charge in [-0.25, -0.2) is 24.1 Å². The molecule has 10 nitrogen and oxygen atoms in total. The molecule has 4 rings (SSSR count). The molecule has 0 bridgehead atoms. The Morgan fingerprint density at radius 2 is 1.85 bits per heavy atom. The zero-order valence-electron chi connectivity index (χ0n) is 16.7. The first-order chi connectivity index (χ1) is 15.6. The van der Waals surface area contributed by atoms with Crippen LogP contribution in [-0.2, 0) is 13.1 Å². The molecule has 4 aromatic rings. The number of benzene rings is 1. The average molecular weight is 481 g/mol. The molecule has 3 aromatic heterocycles. The minimum Gasteiger partial charge on any atom is -0.396 e. The van der Waals surface area contributed by atoms with Gasteiger partial charge in [0.05, 0.1) is 12.2 Å². The summed E-state index contributed by atoms with van der Waals surface area (Å²) < 4.78 is 41.8. The van der Waals surface area contributed by atoms with Crippen LogP contribution in [0.1, 0.15) is 5.82 Å². The van der Waals surface area contributed by atoms with E-state index in [1.165, 1.54) is 41.5 Å². The van der Waals surface area contributed by atoms with Gasteiger partial charge in [-0.1, -0.05) is 11.6 Å². The van der Waals surface area contributed by atoms with Gasteiger partial charge in [-0.15, -0.1) is 10.2 Å². The molecule has 0 saturated heterocycles. The number of rotatable bonds is 6. The Bertz CT molecular complexity index is 1330. The first kappa shape index (κ1) is 22.5. The monoisotopic (exact) mass is 480 g/mol. The number of anilines is 1. The summed E-state index contributed by atoms with van der Waals surface area (Å²) in [5.74, 6) is 0.392. The zero-order chi connectivity index (χ0) is 23.8. The normalized spacial score (nSPS) is 12.8. The van der Waals surface area contributed by atoms with Gasteiger partial charge < -0.3 is 10.8 Å². The van der Waals surface area contributed by atoms with Crippen molar-refractivity contribution in [2.45, 2.75) is 25.4 Å². The second kappa shape index (κ2) is 8.67. The van der Waals surface area contributed by atoms with E-state index in [-0.39, 0.29) is 18.2 Å². The van der Waals surface area contributed by atoms with Crippen LogP contribution in [0.4, 0.5) is 18.9 Å². The van der Waals surface area contributed by atoms with Crippen molar-refractivity contribution in [3.63, 3.8) is 0 Å². The summed E-state index contributed by atoms with van der Waals surface area (Å²) in [7, 11) is 0. The number of halogens is 4. The highest BCUT2D eigenvalue weighted by atomic mass is 35.5. The third kappa shape index (κ3) is 4.73. The summed E-state index contributed by atoms with van der Waals surface area (Å²) in [6, 6.07) is 9.29. The summed E-state index contributed by atoms with van der Waals surface area (Å²) in [6.45, 7) is -1.28. The molecule has 3 N–H and O–H groups in total. The van der Waals surface area contributed by atoms with E-state index >= 15 is 0 Å². The maximum atomic E-state index is 13.0. The molecule has 0 radical (unpaired) electrons. The summed E-state index contributed by atoms with van der Waals surface area (Å²) in [5, 5.41) is 18.3. The van der Waals surface area contributed by atoms with Crippen LogP contribution in [0.25, 0.3) is 17.2 Å². The van der Waals surface area contributed by atoms with Gasteiger partial charge in [0.2, 0.25) is 0 Å². The van der Waals surface area contributed by atoms with Crippen molar-refractivity contribution in [1.29, 1.82) is 0 Å². The van der Waals surface area contributed by atoms with Gasteiger partial charge in [0, 0.05) is 16.8 Å². The molecule has 0 aliphatic carbocycles. The van der Waals surface area contributed by atoms with E-state index in [4.69, 9.17) is 17.3 Å². The molecule has 0 aliphatic heterocycles. The largest absolute Gasteiger partial charge is 0.416 e. The highest BCUT2D eigenvalue weighted by Crippen LogP contribution is 2.24. The van der Waals surface area contributed by atoms with Crippen molar-refractivity contribution in [2.75, 3.05) is 5.73 Å². The summed E-state index contributed by atoms with van der Waals surface area (Å²) in [4.78, 5) is 21.1. The molecule has 14 heteroatoms. The fourth-order valence-electron chi connectivity index (χ4n) is 3.00. The van der Waals surface area contributed by atoms with Crippen molar-refractivity contribution >= 4 is 17.3 Å². The molecule has 1 aromatic carbocycles. The SMILES string of the molecule is Nc1cccnc1-n1cnc(Cn2nc(-c3ccc(Cl)cc3)n(CC(O)C(F)(F)F)c2=O)n1. The number of aliphatic hydroxyl groups excluding tert-OH is 1. The van der Waals surface area contributed by atoms with Crippen LogP contribution in [0.3, 0.4) is 0 Å². The highest BCUT2D eigenvalue weighted by Gasteiger charge is 2.39. The van der Waals surface area contributed by atoms with Gasteiger partial charge in [-0.3, -0.25) is 4.57 Å². The molecule has 0 aliphatic rings. The predicted octanol–water partition coefficient (Wildman–Crippen LogP) is 1.89. The number of nitrogens with two attached hydrogens (primary N) is 1. The number of nitrogen functional groups attached to an aromatic ring is 1. The summed E-state index contributed by atoms with van der Waals surface area (Å²) >= 11 is 5.88. The van der Waals surface area contributed by atoms with Crippen LogP contribution >= 0.6 is 11.6 Å². The van der Waals surface area contributed by atoms with Gasteiger partial charge in [-0.05, 0) is 36.4 Å². The molecule has 3 heterocycles. The number of alkyl halides is 3. The van der Waals surface area contributed by atoms with Crippen molar-refractivity contribution in [1.82, 2.24) is 34.1 Å². The van der Waals surface area contributed by atoms with E-state index in [0.29, 0.717) is 22.1 Å². The zero-order valence-corrected chi connectivity index (χ0v) is 17.4. The van der Waals surface area contributed by atoms with Crippen LogP contribution in [0.5, 0.6) is 0 Å². The Hall–Kier alpha value is -3.71. The Kier molecular flexibility index (Phi) is 5.91.